The van der Waals surface area contributed by atoms with Gasteiger partial charge in [0.15, 0.2) is 0 Å². The van der Waals surface area contributed by atoms with E-state index in [1.165, 1.54) is 0 Å². The molecule has 5 heteroatoms. The van der Waals surface area contributed by atoms with Crippen LogP contribution in [-0.4, -0.2) is 21.5 Å². The Morgan fingerprint density at radius 3 is 2.67 bits per heavy atom. The Morgan fingerprint density at radius 1 is 1.10 bits per heavy atom. The molecule has 0 saturated carbocycles. The van der Waals surface area contributed by atoms with Gasteiger partial charge in [0.25, 0.3) is 0 Å². The van der Waals surface area contributed by atoms with Crippen molar-refractivity contribution in [3.05, 3.63) is 42.6 Å². The van der Waals surface area contributed by atoms with Gasteiger partial charge in [0.1, 0.15) is 11.5 Å². The molecule has 2 aromatic heterocycles. The Labute approximate surface area is 123 Å². The second-order valence-electron chi connectivity index (χ2n) is 5.40. The van der Waals surface area contributed by atoms with Crippen LogP contribution >= 0.6 is 0 Å². The van der Waals surface area contributed by atoms with Crippen molar-refractivity contribution < 1.29 is 0 Å². The summed E-state index contributed by atoms with van der Waals surface area (Å²) in [7, 11) is 0. The van der Waals surface area contributed by atoms with Gasteiger partial charge in [-0.05, 0) is 24.1 Å². The normalized spacial score (nSPS) is 11.0. The highest BCUT2D eigenvalue weighted by atomic mass is 15.2. The summed E-state index contributed by atoms with van der Waals surface area (Å²) in [6.45, 7) is 5.22. The quantitative estimate of drug-likeness (QED) is 0.666. The molecule has 0 aliphatic rings. The maximum atomic E-state index is 4.59. The summed E-state index contributed by atoms with van der Waals surface area (Å²) in [5.41, 5.74) is 1.80. The van der Waals surface area contributed by atoms with Crippen molar-refractivity contribution >= 4 is 28.5 Å². The molecule has 0 fully saturated rings. The van der Waals surface area contributed by atoms with Gasteiger partial charge in [0, 0.05) is 18.4 Å². The van der Waals surface area contributed by atoms with Crippen molar-refractivity contribution in [1.29, 1.82) is 0 Å². The molecule has 0 saturated heterocycles. The number of para-hydroxylation sites is 1. The van der Waals surface area contributed by atoms with Crippen LogP contribution in [0.2, 0.25) is 0 Å². The molecule has 1 aromatic carbocycles. The van der Waals surface area contributed by atoms with E-state index in [0.29, 0.717) is 11.9 Å². The molecule has 0 unspecified atom stereocenters. The van der Waals surface area contributed by atoms with Gasteiger partial charge in [-0.3, -0.25) is 0 Å². The van der Waals surface area contributed by atoms with Gasteiger partial charge in [-0.2, -0.15) is 9.97 Å². The first-order valence-corrected chi connectivity index (χ1v) is 7.13. The lowest BCUT2D eigenvalue weighted by Crippen LogP contribution is -2.10. The smallest absolute Gasteiger partial charge is 0.231 e. The number of aromatic amines is 1. The Bertz CT molecular complexity index is 718. The fraction of sp³-hybridized carbons (Fsp3) is 0.250. The summed E-state index contributed by atoms with van der Waals surface area (Å²) in [6, 6.07) is 11.9. The maximum absolute atomic E-state index is 4.59. The van der Waals surface area contributed by atoms with Crippen LogP contribution in [0.3, 0.4) is 0 Å². The van der Waals surface area contributed by atoms with Gasteiger partial charge in [-0.15, -0.1) is 0 Å². The van der Waals surface area contributed by atoms with E-state index in [-0.39, 0.29) is 0 Å². The zero-order valence-corrected chi connectivity index (χ0v) is 12.2. The first-order chi connectivity index (χ1) is 10.2. The van der Waals surface area contributed by atoms with Crippen LogP contribution in [-0.2, 0) is 0 Å². The summed E-state index contributed by atoms with van der Waals surface area (Å²) < 4.78 is 0. The molecule has 3 N–H and O–H groups in total. The Kier molecular flexibility index (Phi) is 3.73. The van der Waals surface area contributed by atoms with Gasteiger partial charge in [0.05, 0.1) is 5.39 Å². The molecule has 5 nitrogen and oxygen atoms in total. The average Bonchev–Trinajstić information content (AvgIpc) is 2.94. The molecule has 0 bridgehead atoms. The van der Waals surface area contributed by atoms with Crippen LogP contribution in [0.25, 0.3) is 11.0 Å². The fourth-order valence-corrected chi connectivity index (χ4v) is 2.08. The predicted octanol–water partition coefficient (Wildman–Crippen LogP) is 3.77. The molecule has 3 aromatic rings. The highest BCUT2D eigenvalue weighted by molar-refractivity contribution is 5.88. The number of aromatic nitrogens is 3. The van der Waals surface area contributed by atoms with Gasteiger partial charge < -0.3 is 15.6 Å². The SMILES string of the molecule is CC(C)CNc1nc(Nc2ccccc2)nc2[nH]ccc12. The minimum atomic E-state index is 0.555. The number of benzene rings is 1. The summed E-state index contributed by atoms with van der Waals surface area (Å²) in [4.78, 5) is 12.2. The summed E-state index contributed by atoms with van der Waals surface area (Å²) in [5.74, 6) is 2.00. The molecule has 0 amide bonds. The largest absolute Gasteiger partial charge is 0.369 e. The van der Waals surface area contributed by atoms with Crippen molar-refractivity contribution in [3.63, 3.8) is 0 Å². The van der Waals surface area contributed by atoms with Gasteiger partial charge in [-0.1, -0.05) is 32.0 Å². The molecular weight excluding hydrogens is 262 g/mol. The Hall–Kier alpha value is -2.56. The average molecular weight is 281 g/mol. The third-order valence-corrected chi connectivity index (χ3v) is 3.12. The van der Waals surface area contributed by atoms with Crippen molar-refractivity contribution in [3.8, 4) is 0 Å². The monoisotopic (exact) mass is 281 g/mol. The third kappa shape index (κ3) is 3.13. The van der Waals surface area contributed by atoms with Crippen LogP contribution in [0.15, 0.2) is 42.6 Å². The second kappa shape index (κ2) is 5.83. The van der Waals surface area contributed by atoms with Crippen molar-refractivity contribution in [2.24, 2.45) is 5.92 Å². The van der Waals surface area contributed by atoms with E-state index in [4.69, 9.17) is 0 Å². The van der Waals surface area contributed by atoms with Gasteiger partial charge in [0.2, 0.25) is 5.95 Å². The molecule has 108 valence electrons. The first kappa shape index (κ1) is 13.4. The minimum Gasteiger partial charge on any atom is -0.369 e. The van der Waals surface area contributed by atoms with Crippen LogP contribution in [0.5, 0.6) is 0 Å². The maximum Gasteiger partial charge on any atom is 0.231 e. The standard InChI is InChI=1S/C16H19N5/c1-11(2)10-18-15-13-8-9-17-14(13)20-16(21-15)19-12-6-4-3-5-7-12/h3-9,11H,10H2,1-2H3,(H3,17,18,19,20,21). The van der Waals surface area contributed by atoms with Crippen LogP contribution < -0.4 is 10.6 Å². The molecule has 3 rings (SSSR count). The Morgan fingerprint density at radius 2 is 1.90 bits per heavy atom. The van der Waals surface area contributed by atoms with E-state index in [1.807, 2.05) is 42.6 Å². The van der Waals surface area contributed by atoms with E-state index in [2.05, 4.69) is 39.4 Å². The van der Waals surface area contributed by atoms with E-state index in [1.54, 1.807) is 0 Å². The molecule has 0 atom stereocenters. The lowest BCUT2D eigenvalue weighted by atomic mass is 10.2. The topological polar surface area (TPSA) is 65.6 Å². The summed E-state index contributed by atoms with van der Waals surface area (Å²) in [6.07, 6.45) is 1.88. The molecule has 0 aliphatic heterocycles. The summed E-state index contributed by atoms with van der Waals surface area (Å²) >= 11 is 0. The molecule has 2 heterocycles. The van der Waals surface area contributed by atoms with Gasteiger partial charge in [-0.25, -0.2) is 0 Å². The summed E-state index contributed by atoms with van der Waals surface area (Å²) in [5, 5.41) is 7.63. The van der Waals surface area contributed by atoms with E-state index in [9.17, 15) is 0 Å². The number of rotatable bonds is 5. The third-order valence-electron chi connectivity index (χ3n) is 3.12. The number of fused-ring (bicyclic) bond motifs is 1. The van der Waals surface area contributed by atoms with Crippen molar-refractivity contribution in [1.82, 2.24) is 15.0 Å². The molecule has 0 spiro atoms. The van der Waals surface area contributed by atoms with Crippen LogP contribution in [0.1, 0.15) is 13.8 Å². The minimum absolute atomic E-state index is 0.555. The number of H-pyrrole nitrogens is 1. The van der Waals surface area contributed by atoms with Gasteiger partial charge >= 0.3 is 0 Å². The van der Waals surface area contributed by atoms with E-state index >= 15 is 0 Å². The fourth-order valence-electron chi connectivity index (χ4n) is 2.08. The number of hydrogen-bond acceptors (Lipinski definition) is 4. The zero-order chi connectivity index (χ0) is 14.7. The highest BCUT2D eigenvalue weighted by Gasteiger charge is 2.09. The molecule has 21 heavy (non-hydrogen) atoms. The van der Waals surface area contributed by atoms with Crippen LogP contribution in [0.4, 0.5) is 17.5 Å². The molecule has 0 radical (unpaired) electrons. The van der Waals surface area contributed by atoms with E-state index < -0.39 is 0 Å². The predicted molar refractivity (Wildman–Crippen MR) is 86.9 cm³/mol. The number of hydrogen-bond donors (Lipinski definition) is 3. The number of nitrogens with one attached hydrogen (secondary N) is 3. The van der Waals surface area contributed by atoms with E-state index in [0.717, 1.165) is 29.1 Å². The van der Waals surface area contributed by atoms with Crippen molar-refractivity contribution in [2.45, 2.75) is 13.8 Å². The number of nitrogens with zero attached hydrogens (tertiary/aromatic N) is 2. The lowest BCUT2D eigenvalue weighted by Gasteiger charge is -2.11. The lowest BCUT2D eigenvalue weighted by molar-refractivity contribution is 0.687. The Balaban J connectivity index is 1.92. The molecular formula is C16H19N5. The highest BCUT2D eigenvalue weighted by Crippen LogP contribution is 2.23. The number of anilines is 3. The second-order valence-corrected chi connectivity index (χ2v) is 5.40. The molecule has 0 aliphatic carbocycles. The van der Waals surface area contributed by atoms with Crippen LogP contribution in [0, 0.1) is 5.92 Å². The first-order valence-electron chi connectivity index (χ1n) is 7.13. The van der Waals surface area contributed by atoms with Crippen molar-refractivity contribution in [2.75, 3.05) is 17.2 Å². The zero-order valence-electron chi connectivity index (χ0n) is 12.2.